The molecule has 1 aliphatic carbocycles. The average molecular weight is 267 g/mol. The van der Waals surface area contributed by atoms with Gasteiger partial charge in [-0.05, 0) is 65.8 Å². The summed E-state index contributed by atoms with van der Waals surface area (Å²) >= 11 is 0. The van der Waals surface area contributed by atoms with Crippen molar-refractivity contribution >= 4 is 5.97 Å². The van der Waals surface area contributed by atoms with E-state index in [1.54, 1.807) is 0 Å². The van der Waals surface area contributed by atoms with E-state index >= 15 is 0 Å². The van der Waals surface area contributed by atoms with Crippen molar-refractivity contribution in [3.8, 4) is 0 Å². The molecule has 0 spiro atoms. The van der Waals surface area contributed by atoms with E-state index in [-0.39, 0.29) is 17.6 Å². The first-order chi connectivity index (χ1) is 8.88. The summed E-state index contributed by atoms with van der Waals surface area (Å²) in [5, 5.41) is 0. The van der Waals surface area contributed by atoms with Gasteiger partial charge in [-0.25, -0.2) is 0 Å². The number of carbonyl (C=O) groups is 1. The van der Waals surface area contributed by atoms with Crippen molar-refractivity contribution in [2.45, 2.75) is 83.9 Å². The summed E-state index contributed by atoms with van der Waals surface area (Å²) in [5.41, 5.74) is -0.382. The lowest BCUT2D eigenvalue weighted by atomic mass is 9.78. The Morgan fingerprint density at radius 1 is 1.16 bits per heavy atom. The van der Waals surface area contributed by atoms with E-state index in [0.717, 1.165) is 12.5 Å². The maximum absolute atomic E-state index is 12.3. The predicted molar refractivity (Wildman–Crippen MR) is 77.0 cm³/mol. The Morgan fingerprint density at radius 3 is 2.47 bits per heavy atom. The van der Waals surface area contributed by atoms with Gasteiger partial charge in [0.25, 0.3) is 0 Å². The van der Waals surface area contributed by atoms with Crippen LogP contribution in [0.3, 0.4) is 0 Å². The molecule has 0 N–H and O–H groups in total. The molecule has 2 aliphatic rings. The van der Waals surface area contributed by atoms with E-state index in [1.165, 1.54) is 38.5 Å². The molecule has 1 saturated heterocycles. The molecule has 1 unspecified atom stereocenters. The third-order valence-electron chi connectivity index (χ3n) is 4.53. The van der Waals surface area contributed by atoms with Crippen molar-refractivity contribution in [2.24, 2.45) is 5.92 Å². The van der Waals surface area contributed by atoms with Crippen LogP contribution in [-0.2, 0) is 9.53 Å². The summed E-state index contributed by atoms with van der Waals surface area (Å²) in [4.78, 5) is 14.7. The van der Waals surface area contributed by atoms with Gasteiger partial charge in [0.1, 0.15) is 11.6 Å². The minimum absolute atomic E-state index is 0.0567. The number of carbonyl (C=O) groups excluding carboxylic acids is 1. The van der Waals surface area contributed by atoms with Gasteiger partial charge in [-0.3, -0.25) is 9.69 Å². The molecule has 110 valence electrons. The molecule has 3 heteroatoms. The van der Waals surface area contributed by atoms with Crippen LogP contribution < -0.4 is 0 Å². The molecule has 0 aromatic heterocycles. The molecule has 0 radical (unpaired) electrons. The van der Waals surface area contributed by atoms with E-state index in [0.29, 0.717) is 6.04 Å². The summed E-state index contributed by atoms with van der Waals surface area (Å²) in [5.74, 6) is 0.756. The normalized spacial score (nSPS) is 30.5. The second-order valence-electron chi connectivity index (χ2n) is 7.20. The SMILES string of the molecule is CC(C(=O)OC(C)(C)C)N1CCC[C@H]2CCCC[C@H]21. The predicted octanol–water partition coefficient (Wildman–Crippen LogP) is 3.37. The standard InChI is InChI=1S/C16H29NO2/c1-12(15(18)19-16(2,3)4)17-11-7-9-13-8-5-6-10-14(13)17/h12-14H,5-11H2,1-4H3/t12?,13-,14-/m1/s1. The van der Waals surface area contributed by atoms with Crippen LogP contribution in [0.1, 0.15) is 66.2 Å². The van der Waals surface area contributed by atoms with Crippen LogP contribution in [0.25, 0.3) is 0 Å². The molecule has 0 bridgehead atoms. The van der Waals surface area contributed by atoms with Crippen molar-refractivity contribution in [2.75, 3.05) is 6.54 Å². The van der Waals surface area contributed by atoms with Crippen molar-refractivity contribution in [1.82, 2.24) is 4.90 Å². The van der Waals surface area contributed by atoms with Gasteiger partial charge in [-0.15, -0.1) is 0 Å². The molecular formula is C16H29NO2. The number of likely N-dealkylation sites (tertiary alicyclic amines) is 1. The molecule has 2 rings (SSSR count). The zero-order chi connectivity index (χ0) is 14.0. The summed E-state index contributed by atoms with van der Waals surface area (Å²) in [7, 11) is 0. The molecule has 3 atom stereocenters. The van der Waals surface area contributed by atoms with Gasteiger partial charge >= 0.3 is 5.97 Å². The highest BCUT2D eigenvalue weighted by Crippen LogP contribution is 2.36. The maximum atomic E-state index is 12.3. The molecule has 1 saturated carbocycles. The van der Waals surface area contributed by atoms with Crippen LogP contribution in [-0.4, -0.2) is 35.1 Å². The summed E-state index contributed by atoms with van der Waals surface area (Å²) in [6.07, 6.45) is 7.88. The van der Waals surface area contributed by atoms with Crippen LogP contribution in [0.4, 0.5) is 0 Å². The lowest BCUT2D eigenvalue weighted by molar-refractivity contribution is -0.163. The van der Waals surface area contributed by atoms with Crippen molar-refractivity contribution < 1.29 is 9.53 Å². The Morgan fingerprint density at radius 2 is 1.79 bits per heavy atom. The molecule has 1 heterocycles. The number of rotatable bonds is 2. The van der Waals surface area contributed by atoms with Crippen molar-refractivity contribution in [3.63, 3.8) is 0 Å². The molecule has 1 aliphatic heterocycles. The van der Waals surface area contributed by atoms with E-state index in [1.807, 2.05) is 27.7 Å². The number of esters is 1. The summed E-state index contributed by atoms with van der Waals surface area (Å²) in [6, 6.07) is 0.523. The first-order valence-corrected chi connectivity index (χ1v) is 7.87. The van der Waals surface area contributed by atoms with Crippen molar-refractivity contribution in [3.05, 3.63) is 0 Å². The van der Waals surface area contributed by atoms with Gasteiger partial charge in [-0.1, -0.05) is 12.8 Å². The highest BCUT2D eigenvalue weighted by Gasteiger charge is 2.38. The van der Waals surface area contributed by atoms with Gasteiger partial charge in [0.05, 0.1) is 0 Å². The highest BCUT2D eigenvalue weighted by molar-refractivity contribution is 5.75. The van der Waals surface area contributed by atoms with Gasteiger partial charge in [0.2, 0.25) is 0 Å². The number of hydrogen-bond acceptors (Lipinski definition) is 3. The third kappa shape index (κ3) is 3.71. The number of piperidine rings is 1. The molecule has 19 heavy (non-hydrogen) atoms. The molecule has 0 aromatic rings. The lowest BCUT2D eigenvalue weighted by Gasteiger charge is -2.46. The number of ether oxygens (including phenoxy) is 1. The molecule has 3 nitrogen and oxygen atoms in total. The summed E-state index contributed by atoms with van der Waals surface area (Å²) in [6.45, 7) is 8.90. The van der Waals surface area contributed by atoms with Gasteiger partial charge in [0.15, 0.2) is 0 Å². The molecule has 0 amide bonds. The average Bonchev–Trinajstić information content (AvgIpc) is 2.35. The van der Waals surface area contributed by atoms with Crippen LogP contribution in [0.15, 0.2) is 0 Å². The second kappa shape index (κ2) is 5.82. The minimum atomic E-state index is -0.382. The Balaban J connectivity index is 2.00. The quantitative estimate of drug-likeness (QED) is 0.718. The lowest BCUT2D eigenvalue weighted by Crippen LogP contribution is -2.54. The Bertz CT molecular complexity index is 319. The van der Waals surface area contributed by atoms with Crippen LogP contribution in [0.5, 0.6) is 0 Å². The monoisotopic (exact) mass is 267 g/mol. The topological polar surface area (TPSA) is 29.5 Å². The first kappa shape index (κ1) is 14.8. The molecule has 2 fully saturated rings. The van der Waals surface area contributed by atoms with Crippen molar-refractivity contribution in [1.29, 1.82) is 0 Å². The molecular weight excluding hydrogens is 238 g/mol. The van der Waals surface area contributed by atoms with Gasteiger partial charge < -0.3 is 4.74 Å². The van der Waals surface area contributed by atoms with Gasteiger partial charge in [-0.2, -0.15) is 0 Å². The zero-order valence-electron chi connectivity index (χ0n) is 12.9. The number of hydrogen-bond donors (Lipinski definition) is 0. The Kier molecular flexibility index (Phi) is 4.54. The number of nitrogens with zero attached hydrogens (tertiary/aromatic N) is 1. The van der Waals surface area contributed by atoms with Gasteiger partial charge in [0, 0.05) is 6.04 Å². The second-order valence-corrected chi connectivity index (χ2v) is 7.20. The van der Waals surface area contributed by atoms with Crippen LogP contribution in [0.2, 0.25) is 0 Å². The fraction of sp³-hybridized carbons (Fsp3) is 0.938. The largest absolute Gasteiger partial charge is 0.459 e. The van der Waals surface area contributed by atoms with Crippen LogP contribution >= 0.6 is 0 Å². The Labute approximate surface area is 117 Å². The Hall–Kier alpha value is -0.570. The smallest absolute Gasteiger partial charge is 0.323 e. The van der Waals surface area contributed by atoms with Crippen LogP contribution in [0, 0.1) is 5.92 Å². The third-order valence-corrected chi connectivity index (χ3v) is 4.53. The summed E-state index contributed by atoms with van der Waals surface area (Å²) < 4.78 is 5.55. The maximum Gasteiger partial charge on any atom is 0.323 e. The first-order valence-electron chi connectivity index (χ1n) is 7.87. The fourth-order valence-corrected chi connectivity index (χ4v) is 3.67. The zero-order valence-corrected chi connectivity index (χ0v) is 12.9. The minimum Gasteiger partial charge on any atom is -0.459 e. The fourth-order valence-electron chi connectivity index (χ4n) is 3.67. The molecule has 0 aromatic carbocycles. The van der Waals surface area contributed by atoms with E-state index in [2.05, 4.69) is 4.90 Å². The number of fused-ring (bicyclic) bond motifs is 1. The van der Waals surface area contributed by atoms with E-state index in [4.69, 9.17) is 4.74 Å². The van der Waals surface area contributed by atoms with E-state index in [9.17, 15) is 4.79 Å². The van der Waals surface area contributed by atoms with E-state index < -0.39 is 0 Å². The highest BCUT2D eigenvalue weighted by atomic mass is 16.6.